The topological polar surface area (TPSA) is 75.3 Å². The minimum Gasteiger partial charge on any atom is -0.355 e. The zero-order chi connectivity index (χ0) is 18.1. The highest BCUT2D eigenvalue weighted by Crippen LogP contribution is 2.15. The van der Waals surface area contributed by atoms with E-state index in [4.69, 9.17) is 0 Å². The summed E-state index contributed by atoms with van der Waals surface area (Å²) in [4.78, 5) is 12.0. The molecule has 0 aliphatic carbocycles. The number of hydrogen-bond acceptors (Lipinski definition) is 3. The van der Waals surface area contributed by atoms with Gasteiger partial charge in [-0.05, 0) is 43.4 Å². The molecule has 1 aliphatic heterocycles. The normalized spacial score (nSPS) is 18.1. The molecular weight excluding hydrogens is 336 g/mol. The van der Waals surface area contributed by atoms with Crippen molar-refractivity contribution in [3.05, 3.63) is 29.8 Å². The molecule has 1 aromatic rings. The number of carbonyl (C=O) groups excluding carboxylic acids is 1. The van der Waals surface area contributed by atoms with E-state index in [1.807, 2.05) is 12.1 Å². The van der Waals surface area contributed by atoms with Crippen LogP contribution in [-0.2, 0) is 21.2 Å². The van der Waals surface area contributed by atoms with Crippen LogP contribution in [-0.4, -0.2) is 26.9 Å². The Bertz CT molecular complexity index is 641. The van der Waals surface area contributed by atoms with Gasteiger partial charge in [0.1, 0.15) is 6.04 Å². The van der Waals surface area contributed by atoms with Gasteiger partial charge in [-0.2, -0.15) is 4.72 Å². The molecular formula is C19H30N2O3S. The maximum atomic E-state index is 12.4. The van der Waals surface area contributed by atoms with E-state index in [2.05, 4.69) is 17.0 Å². The van der Waals surface area contributed by atoms with E-state index < -0.39 is 16.1 Å². The summed E-state index contributed by atoms with van der Waals surface area (Å²) >= 11 is 0. The van der Waals surface area contributed by atoms with Crippen molar-refractivity contribution < 1.29 is 13.2 Å². The highest BCUT2D eigenvalue weighted by molar-refractivity contribution is 7.89. The summed E-state index contributed by atoms with van der Waals surface area (Å²) in [7, 11) is -3.66. The van der Waals surface area contributed by atoms with Crippen molar-refractivity contribution in [2.75, 3.05) is 6.54 Å². The molecule has 0 saturated carbocycles. The lowest BCUT2D eigenvalue weighted by atomic mass is 10.1. The number of benzene rings is 1. The van der Waals surface area contributed by atoms with Crippen molar-refractivity contribution in [3.8, 4) is 0 Å². The van der Waals surface area contributed by atoms with E-state index in [1.165, 1.54) is 32.1 Å². The van der Waals surface area contributed by atoms with Crippen molar-refractivity contribution in [3.63, 3.8) is 0 Å². The Morgan fingerprint density at radius 1 is 1.08 bits per heavy atom. The highest BCUT2D eigenvalue weighted by atomic mass is 32.2. The summed E-state index contributed by atoms with van der Waals surface area (Å²) in [5, 5.41) is 2.69. The van der Waals surface area contributed by atoms with Gasteiger partial charge in [0, 0.05) is 6.54 Å². The minimum absolute atomic E-state index is 0.220. The van der Waals surface area contributed by atoms with Crippen molar-refractivity contribution in [1.82, 2.24) is 10.0 Å². The predicted molar refractivity (Wildman–Crippen MR) is 99.9 cm³/mol. The van der Waals surface area contributed by atoms with Gasteiger partial charge >= 0.3 is 0 Å². The van der Waals surface area contributed by atoms with E-state index >= 15 is 0 Å². The molecule has 1 unspecified atom stereocenters. The number of hydrogen-bond donors (Lipinski definition) is 2. The average Bonchev–Trinajstić information content (AvgIpc) is 2.60. The number of unbranched alkanes of at least 4 members (excludes halogenated alkanes) is 5. The molecule has 1 saturated heterocycles. The first-order valence-electron chi connectivity index (χ1n) is 9.42. The fourth-order valence-electron chi connectivity index (χ4n) is 3.08. The number of aryl methyl sites for hydroxylation is 1. The quantitative estimate of drug-likeness (QED) is 0.625. The summed E-state index contributed by atoms with van der Waals surface area (Å²) in [6.07, 6.45) is 9.80. The molecule has 0 bridgehead atoms. The highest BCUT2D eigenvalue weighted by Gasteiger charge is 2.27. The van der Waals surface area contributed by atoms with Gasteiger partial charge in [-0.1, -0.05) is 51.2 Å². The Hall–Kier alpha value is -1.40. The fourth-order valence-corrected chi connectivity index (χ4v) is 4.31. The second-order valence-corrected chi connectivity index (χ2v) is 8.48. The molecule has 140 valence electrons. The molecule has 6 heteroatoms. The lowest BCUT2D eigenvalue weighted by molar-refractivity contribution is -0.124. The summed E-state index contributed by atoms with van der Waals surface area (Å²) in [6, 6.07) is 6.36. The zero-order valence-corrected chi connectivity index (χ0v) is 15.9. The Balaban J connectivity index is 1.84. The molecule has 5 nitrogen and oxygen atoms in total. The molecule has 1 atom stereocenters. The Morgan fingerprint density at radius 3 is 2.44 bits per heavy atom. The van der Waals surface area contributed by atoms with Gasteiger partial charge in [-0.25, -0.2) is 8.42 Å². The molecule has 0 aromatic heterocycles. The monoisotopic (exact) mass is 366 g/mol. The maximum absolute atomic E-state index is 12.4. The number of sulfonamides is 1. The summed E-state index contributed by atoms with van der Waals surface area (Å²) in [6.45, 7) is 2.83. The summed E-state index contributed by atoms with van der Waals surface area (Å²) in [5.41, 5.74) is 1.16. The number of nitrogens with one attached hydrogen (secondary N) is 2. The van der Waals surface area contributed by atoms with Crippen molar-refractivity contribution in [2.24, 2.45) is 0 Å². The van der Waals surface area contributed by atoms with Gasteiger partial charge in [0.25, 0.3) is 0 Å². The van der Waals surface area contributed by atoms with Crippen LogP contribution >= 0.6 is 0 Å². The third-order valence-corrected chi connectivity index (χ3v) is 6.12. The largest absolute Gasteiger partial charge is 0.355 e. The van der Waals surface area contributed by atoms with Crippen LogP contribution in [0.15, 0.2) is 29.2 Å². The molecule has 1 aliphatic rings. The number of piperidine rings is 1. The van der Waals surface area contributed by atoms with Gasteiger partial charge in [0.2, 0.25) is 15.9 Å². The van der Waals surface area contributed by atoms with Gasteiger partial charge in [0.15, 0.2) is 0 Å². The number of carbonyl (C=O) groups is 1. The zero-order valence-electron chi connectivity index (χ0n) is 15.1. The van der Waals surface area contributed by atoms with E-state index in [0.717, 1.165) is 24.8 Å². The van der Waals surface area contributed by atoms with Crippen LogP contribution in [0.4, 0.5) is 0 Å². The third kappa shape index (κ3) is 6.44. The Kier molecular flexibility index (Phi) is 7.90. The van der Waals surface area contributed by atoms with Crippen LogP contribution in [0.1, 0.15) is 63.9 Å². The molecule has 0 radical (unpaired) electrons. The summed E-state index contributed by atoms with van der Waals surface area (Å²) in [5.74, 6) is -0.241. The molecule has 2 rings (SSSR count). The van der Waals surface area contributed by atoms with E-state index in [0.29, 0.717) is 13.0 Å². The molecule has 2 N–H and O–H groups in total. The molecule has 1 fully saturated rings. The van der Waals surface area contributed by atoms with Crippen LogP contribution in [0.25, 0.3) is 0 Å². The summed E-state index contributed by atoms with van der Waals surface area (Å²) < 4.78 is 27.4. The van der Waals surface area contributed by atoms with Crippen LogP contribution < -0.4 is 10.0 Å². The first kappa shape index (κ1) is 19.9. The van der Waals surface area contributed by atoms with E-state index in [-0.39, 0.29) is 10.8 Å². The van der Waals surface area contributed by atoms with Crippen molar-refractivity contribution >= 4 is 15.9 Å². The van der Waals surface area contributed by atoms with Gasteiger partial charge in [0.05, 0.1) is 4.90 Å². The molecule has 1 amide bonds. The first-order valence-corrected chi connectivity index (χ1v) is 10.9. The number of amides is 1. The average molecular weight is 367 g/mol. The minimum atomic E-state index is -3.66. The van der Waals surface area contributed by atoms with E-state index in [9.17, 15) is 13.2 Å². The smallest absolute Gasteiger partial charge is 0.241 e. The van der Waals surface area contributed by atoms with Crippen molar-refractivity contribution in [2.45, 2.75) is 75.6 Å². The first-order chi connectivity index (χ1) is 12.0. The van der Waals surface area contributed by atoms with Crippen LogP contribution in [0, 0.1) is 0 Å². The van der Waals surface area contributed by atoms with Crippen LogP contribution in [0.2, 0.25) is 0 Å². The van der Waals surface area contributed by atoms with Gasteiger partial charge in [-0.3, -0.25) is 4.79 Å². The third-order valence-electron chi connectivity index (χ3n) is 4.64. The van der Waals surface area contributed by atoms with Crippen molar-refractivity contribution in [1.29, 1.82) is 0 Å². The second-order valence-electron chi connectivity index (χ2n) is 6.77. The predicted octanol–water partition coefficient (Wildman–Crippen LogP) is 3.15. The van der Waals surface area contributed by atoms with Crippen LogP contribution in [0.3, 0.4) is 0 Å². The van der Waals surface area contributed by atoms with E-state index in [1.54, 1.807) is 12.1 Å². The molecule has 25 heavy (non-hydrogen) atoms. The number of rotatable bonds is 10. The SMILES string of the molecule is CCCCCCCCc1ccc(S(=O)(=O)NC2CCCNC2=O)cc1. The van der Waals surface area contributed by atoms with Gasteiger partial charge in [-0.15, -0.1) is 0 Å². The van der Waals surface area contributed by atoms with Gasteiger partial charge < -0.3 is 5.32 Å². The fraction of sp³-hybridized carbons (Fsp3) is 0.632. The standard InChI is InChI=1S/C19H30N2O3S/c1-2-3-4-5-6-7-9-16-11-13-17(14-12-16)25(23,24)21-18-10-8-15-20-19(18)22/h11-14,18,21H,2-10,15H2,1H3,(H,20,22). The molecule has 1 heterocycles. The Labute approximate surface area is 151 Å². The maximum Gasteiger partial charge on any atom is 0.241 e. The Morgan fingerprint density at radius 2 is 1.76 bits per heavy atom. The second kappa shape index (κ2) is 9.92. The lowest BCUT2D eigenvalue weighted by Crippen LogP contribution is -2.50. The lowest BCUT2D eigenvalue weighted by Gasteiger charge is -2.22. The molecule has 0 spiro atoms. The molecule has 1 aromatic carbocycles. The van der Waals surface area contributed by atoms with Crippen LogP contribution in [0.5, 0.6) is 0 Å².